The van der Waals surface area contributed by atoms with Gasteiger partial charge in [0.15, 0.2) is 0 Å². The Morgan fingerprint density at radius 1 is 1.05 bits per heavy atom. The Hall–Kier alpha value is -1.90. The normalized spacial score (nSPS) is 23.9. The third kappa shape index (κ3) is 2.28. The van der Waals surface area contributed by atoms with Gasteiger partial charge in [0.05, 0.1) is 0 Å². The van der Waals surface area contributed by atoms with E-state index in [2.05, 4.69) is 6.58 Å². The molecule has 0 aromatic heterocycles. The molecule has 0 radical (unpaired) electrons. The fourth-order valence-electron chi connectivity index (χ4n) is 2.72. The zero-order valence-electron chi connectivity index (χ0n) is 11.3. The number of benzene rings is 2. The van der Waals surface area contributed by atoms with Crippen molar-refractivity contribution >= 4 is 0 Å². The van der Waals surface area contributed by atoms with Gasteiger partial charge in [-0.15, -0.1) is 6.58 Å². The van der Waals surface area contributed by atoms with Gasteiger partial charge >= 0.3 is 0 Å². The van der Waals surface area contributed by atoms with Crippen LogP contribution in [0.2, 0.25) is 0 Å². The third-order valence-corrected chi connectivity index (χ3v) is 3.82. The molecular formula is C18H18O2. The number of hydrogen-bond acceptors (Lipinski definition) is 2. The molecule has 2 heteroatoms. The second kappa shape index (κ2) is 5.23. The summed E-state index contributed by atoms with van der Waals surface area (Å²) in [7, 11) is 0. The summed E-state index contributed by atoms with van der Waals surface area (Å²) in [5.41, 5.74) is 0.975. The standard InChI is InChI=1S/C18H18O2/c1-2-13-18(19,15-11-7-4-8-12-15)17-16(20-17)14-9-5-3-6-10-14/h2-12,16-17,19H,1,13H2. The van der Waals surface area contributed by atoms with Crippen molar-refractivity contribution in [3.8, 4) is 0 Å². The van der Waals surface area contributed by atoms with Crippen molar-refractivity contribution in [2.45, 2.75) is 24.2 Å². The predicted octanol–water partition coefficient (Wildman–Crippen LogP) is 3.59. The summed E-state index contributed by atoms with van der Waals surface area (Å²) in [6.45, 7) is 3.76. The van der Waals surface area contributed by atoms with Crippen molar-refractivity contribution in [3.63, 3.8) is 0 Å². The van der Waals surface area contributed by atoms with Gasteiger partial charge in [0, 0.05) is 6.42 Å². The molecule has 2 nitrogen and oxygen atoms in total. The minimum atomic E-state index is -1.01. The van der Waals surface area contributed by atoms with Crippen molar-refractivity contribution in [3.05, 3.63) is 84.4 Å². The summed E-state index contributed by atoms with van der Waals surface area (Å²) in [6.07, 6.45) is 1.97. The largest absolute Gasteiger partial charge is 0.382 e. The quantitative estimate of drug-likeness (QED) is 0.662. The van der Waals surface area contributed by atoms with Crippen molar-refractivity contribution in [2.24, 2.45) is 0 Å². The molecule has 1 saturated heterocycles. The molecule has 2 aromatic rings. The van der Waals surface area contributed by atoms with Crippen LogP contribution in [0, 0.1) is 0 Å². The van der Waals surface area contributed by atoms with Gasteiger partial charge in [0.25, 0.3) is 0 Å². The van der Waals surface area contributed by atoms with Crippen LogP contribution in [0.4, 0.5) is 0 Å². The van der Waals surface area contributed by atoms with E-state index in [9.17, 15) is 5.11 Å². The van der Waals surface area contributed by atoms with Gasteiger partial charge in [-0.05, 0) is 11.1 Å². The highest BCUT2D eigenvalue weighted by Gasteiger charge is 2.54. The van der Waals surface area contributed by atoms with Crippen LogP contribution in [0.1, 0.15) is 23.7 Å². The average Bonchev–Trinajstić information content (AvgIpc) is 3.30. The molecule has 0 saturated carbocycles. The minimum Gasteiger partial charge on any atom is -0.382 e. The first-order valence-electron chi connectivity index (χ1n) is 6.85. The SMILES string of the molecule is C=CCC(O)(c1ccccc1)C1OC1c1ccccc1. The fraction of sp³-hybridized carbons (Fsp3) is 0.222. The number of ether oxygens (including phenoxy) is 1. The summed E-state index contributed by atoms with van der Waals surface area (Å²) >= 11 is 0. The number of aliphatic hydroxyl groups is 1. The minimum absolute atomic E-state index is 0.0404. The maximum atomic E-state index is 11.1. The molecule has 0 spiro atoms. The molecule has 20 heavy (non-hydrogen) atoms. The fourth-order valence-corrected chi connectivity index (χ4v) is 2.72. The van der Waals surface area contributed by atoms with Crippen molar-refractivity contribution in [1.82, 2.24) is 0 Å². The van der Waals surface area contributed by atoms with Crippen LogP contribution in [-0.2, 0) is 10.3 Å². The van der Waals surface area contributed by atoms with Gasteiger partial charge in [-0.3, -0.25) is 0 Å². The van der Waals surface area contributed by atoms with Crippen molar-refractivity contribution < 1.29 is 9.84 Å². The maximum absolute atomic E-state index is 11.1. The van der Waals surface area contributed by atoms with Gasteiger partial charge in [0.1, 0.15) is 17.8 Å². The first kappa shape index (κ1) is 13.1. The van der Waals surface area contributed by atoms with E-state index in [1.807, 2.05) is 60.7 Å². The molecule has 0 aliphatic carbocycles. The Bertz CT molecular complexity index is 579. The highest BCUT2D eigenvalue weighted by Crippen LogP contribution is 2.50. The van der Waals surface area contributed by atoms with E-state index in [-0.39, 0.29) is 12.2 Å². The summed E-state index contributed by atoms with van der Waals surface area (Å²) in [6, 6.07) is 19.7. The number of hydrogen-bond donors (Lipinski definition) is 1. The molecule has 1 fully saturated rings. The Labute approximate surface area is 119 Å². The van der Waals surface area contributed by atoms with Gasteiger partial charge in [-0.2, -0.15) is 0 Å². The van der Waals surface area contributed by atoms with E-state index in [1.54, 1.807) is 6.08 Å². The van der Waals surface area contributed by atoms with Crippen LogP contribution in [0.3, 0.4) is 0 Å². The molecule has 102 valence electrons. The molecule has 3 rings (SSSR count). The Kier molecular flexibility index (Phi) is 3.43. The smallest absolute Gasteiger partial charge is 0.122 e. The van der Waals surface area contributed by atoms with Gasteiger partial charge < -0.3 is 9.84 Å². The second-order valence-electron chi connectivity index (χ2n) is 5.17. The van der Waals surface area contributed by atoms with Crippen LogP contribution in [0.5, 0.6) is 0 Å². The zero-order valence-corrected chi connectivity index (χ0v) is 11.3. The van der Waals surface area contributed by atoms with Gasteiger partial charge in [-0.25, -0.2) is 0 Å². The summed E-state index contributed by atoms with van der Waals surface area (Å²) < 4.78 is 5.78. The first-order valence-corrected chi connectivity index (χ1v) is 6.85. The van der Waals surface area contributed by atoms with Crippen LogP contribution < -0.4 is 0 Å². The summed E-state index contributed by atoms with van der Waals surface area (Å²) in [4.78, 5) is 0. The Morgan fingerprint density at radius 3 is 2.25 bits per heavy atom. The van der Waals surface area contributed by atoms with E-state index < -0.39 is 5.60 Å². The molecule has 2 aromatic carbocycles. The lowest BCUT2D eigenvalue weighted by Gasteiger charge is -2.26. The van der Waals surface area contributed by atoms with E-state index in [0.29, 0.717) is 6.42 Å². The summed E-state index contributed by atoms with van der Waals surface area (Å²) in [5.74, 6) is 0. The number of rotatable bonds is 5. The molecule has 3 atom stereocenters. The van der Waals surface area contributed by atoms with E-state index >= 15 is 0 Å². The van der Waals surface area contributed by atoms with Gasteiger partial charge in [0.2, 0.25) is 0 Å². The van der Waals surface area contributed by atoms with E-state index in [4.69, 9.17) is 4.74 Å². The summed E-state index contributed by atoms with van der Waals surface area (Å²) in [5, 5.41) is 11.1. The highest BCUT2D eigenvalue weighted by atomic mass is 16.6. The molecular weight excluding hydrogens is 248 g/mol. The topological polar surface area (TPSA) is 32.8 Å². The second-order valence-corrected chi connectivity index (χ2v) is 5.17. The Balaban J connectivity index is 1.88. The van der Waals surface area contributed by atoms with Crippen LogP contribution in [0.15, 0.2) is 73.3 Å². The molecule has 1 aliphatic rings. The molecule has 3 unspecified atom stereocenters. The molecule has 1 N–H and O–H groups in total. The molecule has 0 amide bonds. The van der Waals surface area contributed by atoms with E-state index in [0.717, 1.165) is 11.1 Å². The van der Waals surface area contributed by atoms with Crippen molar-refractivity contribution in [1.29, 1.82) is 0 Å². The first-order chi connectivity index (χ1) is 9.75. The average molecular weight is 266 g/mol. The van der Waals surface area contributed by atoms with Crippen LogP contribution in [-0.4, -0.2) is 11.2 Å². The van der Waals surface area contributed by atoms with Gasteiger partial charge in [-0.1, -0.05) is 66.7 Å². The molecule has 1 aliphatic heterocycles. The number of epoxide rings is 1. The Morgan fingerprint density at radius 2 is 1.65 bits per heavy atom. The maximum Gasteiger partial charge on any atom is 0.122 e. The highest BCUT2D eigenvalue weighted by molar-refractivity contribution is 5.31. The lowest BCUT2D eigenvalue weighted by atomic mass is 9.85. The third-order valence-electron chi connectivity index (χ3n) is 3.82. The van der Waals surface area contributed by atoms with E-state index in [1.165, 1.54) is 0 Å². The zero-order chi connectivity index (χ0) is 14.0. The lowest BCUT2D eigenvalue weighted by Crippen LogP contribution is -2.32. The monoisotopic (exact) mass is 266 g/mol. The van der Waals surface area contributed by atoms with Crippen molar-refractivity contribution in [2.75, 3.05) is 0 Å². The predicted molar refractivity (Wildman–Crippen MR) is 79.2 cm³/mol. The lowest BCUT2D eigenvalue weighted by molar-refractivity contribution is 0.00990. The molecule has 1 heterocycles. The van der Waals surface area contributed by atoms with Crippen LogP contribution in [0.25, 0.3) is 0 Å². The molecule has 0 bridgehead atoms. The van der Waals surface area contributed by atoms with Crippen LogP contribution >= 0.6 is 0 Å².